The van der Waals surface area contributed by atoms with E-state index in [4.69, 9.17) is 10.3 Å². The lowest BCUT2D eigenvalue weighted by atomic mass is 9.87. The molecule has 2 heterocycles. The Morgan fingerprint density at radius 1 is 1.41 bits per heavy atom. The van der Waals surface area contributed by atoms with Gasteiger partial charge in [0.1, 0.15) is 11.8 Å². The number of quaternary nitrogens is 1. The van der Waals surface area contributed by atoms with Crippen molar-refractivity contribution in [2.24, 2.45) is 5.73 Å². The minimum absolute atomic E-state index is 0. The Balaban J connectivity index is 0.00000300. The molecule has 3 rings (SSSR count). The zero-order chi connectivity index (χ0) is 20.6. The summed E-state index contributed by atoms with van der Waals surface area (Å²) in [6.07, 6.45) is -0.741. The Morgan fingerprint density at radius 2 is 2.10 bits per heavy atom. The average molecular weight is 424 g/mol. The van der Waals surface area contributed by atoms with Crippen LogP contribution in [0.3, 0.4) is 0 Å². The largest absolute Gasteiger partial charge is 0.530 e. The number of hydrogen-bond donors (Lipinski definition) is 1. The van der Waals surface area contributed by atoms with Crippen LogP contribution in [0.2, 0.25) is 0 Å². The van der Waals surface area contributed by atoms with Crippen molar-refractivity contribution in [2.45, 2.75) is 45.8 Å². The number of aromatic nitrogens is 2. The smallest absolute Gasteiger partial charge is 0.315 e. The summed E-state index contributed by atoms with van der Waals surface area (Å²) in [6.45, 7) is 5.70. The molecular weight excluding hydrogens is 398 g/mol. The van der Waals surface area contributed by atoms with Gasteiger partial charge in [-0.25, -0.2) is 9.28 Å². The zero-order valence-electron chi connectivity index (χ0n) is 16.9. The molecule has 0 radical (unpaired) electrons. The molecule has 0 spiro atoms. The molecule has 10 heteroatoms. The lowest BCUT2D eigenvalue weighted by Crippen LogP contribution is -2.60. The summed E-state index contributed by atoms with van der Waals surface area (Å²) in [7, 11) is 1.86. The van der Waals surface area contributed by atoms with E-state index in [9.17, 15) is 14.7 Å². The van der Waals surface area contributed by atoms with Gasteiger partial charge in [0.25, 0.3) is 0 Å². The number of nitrogens with zero attached hydrogens (tertiary/aromatic N) is 4. The standard InChI is InChI=1S/C19H25N5O4.ClH/c1-5-23(19(26)27)15-8-11(2)24(4,12(3)25)16-7-6-13(9-14(15)16)18-21-17(10-20)28-22-18;/h6-7,9,11,15H,5,8,10,20H2,1-4H3;1H/t11-,15+,24?;/m0./s1. The van der Waals surface area contributed by atoms with E-state index in [1.54, 1.807) is 13.8 Å². The van der Waals surface area contributed by atoms with Crippen molar-refractivity contribution in [1.82, 2.24) is 19.5 Å². The minimum Gasteiger partial charge on any atom is -0.530 e. The van der Waals surface area contributed by atoms with E-state index >= 15 is 0 Å². The van der Waals surface area contributed by atoms with Crippen LogP contribution in [0.25, 0.3) is 11.4 Å². The number of nitrogens with two attached hydrogens (primary N) is 1. The van der Waals surface area contributed by atoms with E-state index in [1.165, 1.54) is 4.90 Å². The Kier molecular flexibility index (Phi) is 6.67. The minimum atomic E-state index is -1.24. The van der Waals surface area contributed by atoms with Gasteiger partial charge in [-0.1, -0.05) is 5.16 Å². The number of benzene rings is 1. The maximum atomic E-state index is 12.5. The van der Waals surface area contributed by atoms with Gasteiger partial charge in [-0.2, -0.15) is 4.98 Å². The molecule has 0 fully saturated rings. The molecule has 0 saturated carbocycles. The van der Waals surface area contributed by atoms with Crippen LogP contribution in [-0.2, 0) is 11.3 Å². The Hall–Kier alpha value is -2.49. The van der Waals surface area contributed by atoms with Crippen LogP contribution in [-0.4, -0.2) is 46.7 Å². The molecule has 2 amide bonds. The summed E-state index contributed by atoms with van der Waals surface area (Å²) in [5.74, 6) is 0.669. The van der Waals surface area contributed by atoms with Gasteiger partial charge in [0.05, 0.1) is 32.6 Å². The van der Waals surface area contributed by atoms with Gasteiger partial charge in [-0.15, -0.1) is 12.4 Å². The predicted molar refractivity (Wildman–Crippen MR) is 108 cm³/mol. The van der Waals surface area contributed by atoms with Gasteiger partial charge < -0.3 is 25.1 Å². The molecule has 2 N–H and O–H groups in total. The van der Waals surface area contributed by atoms with Crippen LogP contribution in [0, 0.1) is 0 Å². The quantitative estimate of drug-likeness (QED) is 0.740. The van der Waals surface area contributed by atoms with E-state index in [1.807, 2.05) is 32.2 Å². The lowest BCUT2D eigenvalue weighted by molar-refractivity contribution is -0.268. The zero-order valence-corrected chi connectivity index (χ0v) is 17.7. The first-order valence-corrected chi connectivity index (χ1v) is 9.26. The third-order valence-corrected chi connectivity index (χ3v) is 5.84. The summed E-state index contributed by atoms with van der Waals surface area (Å²) >= 11 is 0. The number of carbonyl (C=O) groups excluding carboxylic acids is 2. The fraction of sp³-hybridized carbons (Fsp3) is 0.474. The van der Waals surface area contributed by atoms with Crippen LogP contribution in [0.4, 0.5) is 10.5 Å². The van der Waals surface area contributed by atoms with Crippen molar-refractivity contribution in [3.63, 3.8) is 0 Å². The van der Waals surface area contributed by atoms with Crippen molar-refractivity contribution < 1.29 is 19.2 Å². The number of rotatable bonds is 4. The molecule has 2 aromatic rings. The maximum absolute atomic E-state index is 12.5. The molecule has 0 aliphatic carbocycles. The number of halogens is 1. The summed E-state index contributed by atoms with van der Waals surface area (Å²) < 4.78 is 5.18. The van der Waals surface area contributed by atoms with Crippen molar-refractivity contribution in [1.29, 1.82) is 0 Å². The molecule has 1 aromatic heterocycles. The van der Waals surface area contributed by atoms with E-state index in [0.29, 0.717) is 23.7 Å². The van der Waals surface area contributed by atoms with Crippen molar-refractivity contribution in [2.75, 3.05) is 13.6 Å². The lowest BCUT2D eigenvalue weighted by Gasteiger charge is -2.46. The van der Waals surface area contributed by atoms with Gasteiger partial charge in [0.2, 0.25) is 11.7 Å². The van der Waals surface area contributed by atoms with E-state index < -0.39 is 12.1 Å². The van der Waals surface area contributed by atoms with Crippen molar-refractivity contribution >= 4 is 30.1 Å². The first-order valence-electron chi connectivity index (χ1n) is 9.26. The SMILES string of the molecule is CCN(C(=O)[O-])[C@@H]1C[C@H](C)[N+](C)(C(C)=O)c2ccc(-c3noc(CN)n3)cc21.Cl. The highest BCUT2D eigenvalue weighted by Gasteiger charge is 2.47. The van der Waals surface area contributed by atoms with Crippen LogP contribution >= 0.6 is 12.4 Å². The molecule has 0 bridgehead atoms. The molecule has 0 saturated heterocycles. The van der Waals surface area contributed by atoms with E-state index in [0.717, 1.165) is 11.3 Å². The second-order valence-corrected chi connectivity index (χ2v) is 7.24. The molecule has 29 heavy (non-hydrogen) atoms. The first kappa shape index (κ1) is 22.8. The van der Waals surface area contributed by atoms with Crippen LogP contribution in [0.5, 0.6) is 0 Å². The highest BCUT2D eigenvalue weighted by molar-refractivity contribution is 5.89. The number of hydrogen-bond acceptors (Lipinski definition) is 7. The summed E-state index contributed by atoms with van der Waals surface area (Å²) in [5, 5.41) is 15.7. The van der Waals surface area contributed by atoms with Gasteiger partial charge in [-0.3, -0.25) is 0 Å². The summed E-state index contributed by atoms with van der Waals surface area (Å²) in [5.41, 5.74) is 7.72. The number of fused-ring (bicyclic) bond motifs is 1. The molecule has 3 atom stereocenters. The number of amides is 2. The highest BCUT2D eigenvalue weighted by atomic mass is 35.5. The Labute approximate surface area is 175 Å². The van der Waals surface area contributed by atoms with Crippen molar-refractivity contribution in [3.05, 3.63) is 29.7 Å². The molecule has 158 valence electrons. The molecule has 1 unspecified atom stereocenters. The van der Waals surface area contributed by atoms with Crippen LogP contribution in [0.1, 0.15) is 44.7 Å². The van der Waals surface area contributed by atoms with Gasteiger partial charge >= 0.3 is 5.91 Å². The summed E-state index contributed by atoms with van der Waals surface area (Å²) in [4.78, 5) is 29.8. The van der Waals surface area contributed by atoms with Crippen LogP contribution < -0.4 is 15.3 Å². The predicted octanol–water partition coefficient (Wildman–Crippen LogP) is 1.60. The highest BCUT2D eigenvalue weighted by Crippen LogP contribution is 2.45. The Morgan fingerprint density at radius 3 is 2.62 bits per heavy atom. The average Bonchev–Trinajstić information content (AvgIpc) is 3.14. The molecule has 9 nitrogen and oxygen atoms in total. The van der Waals surface area contributed by atoms with Crippen LogP contribution in [0.15, 0.2) is 22.7 Å². The monoisotopic (exact) mass is 423 g/mol. The van der Waals surface area contributed by atoms with E-state index in [-0.39, 0.29) is 41.9 Å². The maximum Gasteiger partial charge on any atom is 0.315 e. The summed E-state index contributed by atoms with van der Waals surface area (Å²) in [6, 6.07) is 4.97. The third kappa shape index (κ3) is 3.73. The third-order valence-electron chi connectivity index (χ3n) is 5.84. The fourth-order valence-corrected chi connectivity index (χ4v) is 3.99. The fourth-order valence-electron chi connectivity index (χ4n) is 3.99. The molecule has 1 aromatic carbocycles. The molecule has 1 aliphatic rings. The molecular formula is C19H26ClN5O4. The second kappa shape index (κ2) is 8.48. The molecule has 1 aliphatic heterocycles. The number of carbonyl (C=O) groups is 2. The number of carboxylic acid groups (broad SMARTS) is 1. The van der Waals surface area contributed by atoms with Crippen molar-refractivity contribution in [3.8, 4) is 11.4 Å². The van der Waals surface area contributed by atoms with Gasteiger partial charge in [0.15, 0.2) is 0 Å². The normalized spacial score (nSPS) is 23.1. The topological polar surface area (TPSA) is 125 Å². The van der Waals surface area contributed by atoms with Gasteiger partial charge in [-0.05, 0) is 26.0 Å². The second-order valence-electron chi connectivity index (χ2n) is 7.24. The van der Waals surface area contributed by atoms with Gasteiger partial charge in [0, 0.05) is 30.2 Å². The first-order chi connectivity index (χ1) is 13.2. The van der Waals surface area contributed by atoms with E-state index in [2.05, 4.69) is 10.1 Å². The Bertz CT molecular complexity index is 918.